The molecule has 1 rings (SSSR count). The number of piperazine rings is 1. The second-order valence-corrected chi connectivity index (χ2v) is 4.57. The molecule has 3 unspecified atom stereocenters. The van der Waals surface area contributed by atoms with Crippen LogP contribution in [0, 0.1) is 0 Å². The molecule has 3 atom stereocenters. The number of hydrogen-bond donors (Lipinski definition) is 1. The lowest BCUT2D eigenvalue weighted by molar-refractivity contribution is 0.0578. The first-order valence-corrected chi connectivity index (χ1v) is 5.80. The zero-order valence-electron chi connectivity index (χ0n) is 10.0. The summed E-state index contributed by atoms with van der Waals surface area (Å²) in [7, 11) is 0. The van der Waals surface area contributed by atoms with E-state index in [4.69, 9.17) is 5.73 Å². The maximum absolute atomic E-state index is 5.92. The lowest BCUT2D eigenvalue weighted by atomic mass is 10.1. The van der Waals surface area contributed by atoms with E-state index in [9.17, 15) is 0 Å². The Kier molecular flexibility index (Phi) is 4.35. The smallest absolute Gasteiger partial charge is 0.0217 e. The van der Waals surface area contributed by atoms with Crippen LogP contribution in [-0.4, -0.2) is 54.1 Å². The third-order valence-electron chi connectivity index (χ3n) is 3.54. The summed E-state index contributed by atoms with van der Waals surface area (Å²) in [5.74, 6) is 0. The predicted octanol–water partition coefficient (Wildman–Crippen LogP) is 0.748. The van der Waals surface area contributed by atoms with Gasteiger partial charge in [-0.3, -0.25) is 9.80 Å². The van der Waals surface area contributed by atoms with Crippen LogP contribution in [0.15, 0.2) is 0 Å². The van der Waals surface area contributed by atoms with Gasteiger partial charge in [0.25, 0.3) is 0 Å². The van der Waals surface area contributed by atoms with Crippen molar-refractivity contribution >= 4 is 0 Å². The molecule has 1 saturated heterocycles. The van der Waals surface area contributed by atoms with Crippen LogP contribution in [0.3, 0.4) is 0 Å². The molecule has 0 amide bonds. The first-order valence-electron chi connectivity index (χ1n) is 5.80. The SMILES string of the molecule is CCN1CCN(C(C)C(C)N)CC1C. The van der Waals surface area contributed by atoms with Crippen LogP contribution in [0.4, 0.5) is 0 Å². The van der Waals surface area contributed by atoms with Crippen LogP contribution in [0.25, 0.3) is 0 Å². The van der Waals surface area contributed by atoms with Crippen LogP contribution in [0.5, 0.6) is 0 Å². The Morgan fingerprint density at radius 3 is 2.43 bits per heavy atom. The maximum atomic E-state index is 5.92. The maximum Gasteiger partial charge on any atom is 0.0217 e. The Balaban J connectivity index is 2.46. The first-order chi connectivity index (χ1) is 6.56. The molecule has 0 saturated carbocycles. The quantitative estimate of drug-likeness (QED) is 0.728. The number of hydrogen-bond acceptors (Lipinski definition) is 3. The summed E-state index contributed by atoms with van der Waals surface area (Å²) in [6, 6.07) is 1.46. The minimum Gasteiger partial charge on any atom is -0.327 e. The van der Waals surface area contributed by atoms with Crippen LogP contribution < -0.4 is 5.73 Å². The monoisotopic (exact) mass is 199 g/mol. The molecule has 1 heterocycles. The van der Waals surface area contributed by atoms with Gasteiger partial charge in [0.1, 0.15) is 0 Å². The lowest BCUT2D eigenvalue weighted by Gasteiger charge is -2.43. The molecule has 0 aromatic carbocycles. The van der Waals surface area contributed by atoms with Crippen LogP contribution >= 0.6 is 0 Å². The van der Waals surface area contributed by atoms with Gasteiger partial charge in [0.2, 0.25) is 0 Å². The van der Waals surface area contributed by atoms with E-state index in [1.54, 1.807) is 0 Å². The van der Waals surface area contributed by atoms with Gasteiger partial charge in [-0.25, -0.2) is 0 Å². The van der Waals surface area contributed by atoms with Gasteiger partial charge in [0, 0.05) is 37.8 Å². The van der Waals surface area contributed by atoms with Gasteiger partial charge >= 0.3 is 0 Å². The topological polar surface area (TPSA) is 32.5 Å². The molecule has 0 radical (unpaired) electrons. The highest BCUT2D eigenvalue weighted by atomic mass is 15.3. The summed E-state index contributed by atoms with van der Waals surface area (Å²) in [4.78, 5) is 5.05. The van der Waals surface area contributed by atoms with E-state index >= 15 is 0 Å². The van der Waals surface area contributed by atoms with Crippen molar-refractivity contribution in [2.24, 2.45) is 5.73 Å². The van der Waals surface area contributed by atoms with E-state index in [2.05, 4.69) is 37.5 Å². The summed E-state index contributed by atoms with van der Waals surface area (Å²) >= 11 is 0. The molecule has 0 aromatic rings. The molecule has 0 bridgehead atoms. The summed E-state index contributed by atoms with van der Waals surface area (Å²) in [6.07, 6.45) is 0. The molecule has 1 fully saturated rings. The standard InChI is InChI=1S/C11H25N3/c1-5-13-6-7-14(8-9(13)2)11(4)10(3)12/h9-11H,5-8,12H2,1-4H3. The normalized spacial score (nSPS) is 30.2. The largest absolute Gasteiger partial charge is 0.327 e. The lowest BCUT2D eigenvalue weighted by Crippen LogP contribution is -2.57. The van der Waals surface area contributed by atoms with E-state index in [0.717, 1.165) is 6.54 Å². The Bertz CT molecular complexity index is 170. The Morgan fingerprint density at radius 2 is 2.00 bits per heavy atom. The van der Waals surface area contributed by atoms with Gasteiger partial charge in [-0.15, -0.1) is 0 Å². The number of nitrogens with zero attached hydrogens (tertiary/aromatic N) is 2. The van der Waals surface area contributed by atoms with Crippen LogP contribution in [0.1, 0.15) is 27.7 Å². The van der Waals surface area contributed by atoms with Crippen molar-refractivity contribution in [1.82, 2.24) is 9.80 Å². The summed E-state index contributed by atoms with van der Waals surface area (Å²) in [5.41, 5.74) is 5.92. The summed E-state index contributed by atoms with van der Waals surface area (Å²) in [5, 5.41) is 0. The molecule has 2 N–H and O–H groups in total. The molecule has 3 heteroatoms. The predicted molar refractivity (Wildman–Crippen MR) is 61.4 cm³/mol. The minimum absolute atomic E-state index is 0.273. The van der Waals surface area contributed by atoms with Gasteiger partial charge < -0.3 is 5.73 Å². The molecule has 84 valence electrons. The van der Waals surface area contributed by atoms with Crippen molar-refractivity contribution in [3.8, 4) is 0 Å². The number of nitrogens with two attached hydrogens (primary N) is 1. The fraction of sp³-hybridized carbons (Fsp3) is 1.00. The second kappa shape index (κ2) is 5.10. The highest BCUT2D eigenvalue weighted by Gasteiger charge is 2.26. The Hall–Kier alpha value is -0.120. The highest BCUT2D eigenvalue weighted by molar-refractivity contribution is 4.84. The van der Waals surface area contributed by atoms with Gasteiger partial charge in [0.15, 0.2) is 0 Å². The number of rotatable bonds is 3. The van der Waals surface area contributed by atoms with Crippen LogP contribution in [-0.2, 0) is 0 Å². The van der Waals surface area contributed by atoms with E-state index in [-0.39, 0.29) is 6.04 Å². The van der Waals surface area contributed by atoms with Crippen LogP contribution in [0.2, 0.25) is 0 Å². The van der Waals surface area contributed by atoms with Crippen molar-refractivity contribution < 1.29 is 0 Å². The summed E-state index contributed by atoms with van der Waals surface area (Å²) < 4.78 is 0. The van der Waals surface area contributed by atoms with E-state index < -0.39 is 0 Å². The van der Waals surface area contributed by atoms with Crippen molar-refractivity contribution in [2.45, 2.75) is 45.8 Å². The third-order valence-corrected chi connectivity index (χ3v) is 3.54. The van der Waals surface area contributed by atoms with E-state index in [0.29, 0.717) is 12.1 Å². The van der Waals surface area contributed by atoms with Crippen molar-refractivity contribution in [1.29, 1.82) is 0 Å². The van der Waals surface area contributed by atoms with E-state index in [1.807, 2.05) is 0 Å². The minimum atomic E-state index is 0.273. The zero-order chi connectivity index (χ0) is 10.7. The second-order valence-electron chi connectivity index (χ2n) is 4.57. The van der Waals surface area contributed by atoms with Gasteiger partial charge in [0.05, 0.1) is 0 Å². The summed E-state index contributed by atoms with van der Waals surface area (Å²) in [6.45, 7) is 13.6. The number of likely N-dealkylation sites (N-methyl/N-ethyl adjacent to an activating group) is 1. The van der Waals surface area contributed by atoms with E-state index in [1.165, 1.54) is 19.6 Å². The Morgan fingerprint density at radius 1 is 1.36 bits per heavy atom. The average molecular weight is 199 g/mol. The molecule has 1 aliphatic heterocycles. The fourth-order valence-corrected chi connectivity index (χ4v) is 2.20. The highest BCUT2D eigenvalue weighted by Crippen LogP contribution is 2.12. The van der Waals surface area contributed by atoms with Gasteiger partial charge in [-0.05, 0) is 27.3 Å². The van der Waals surface area contributed by atoms with Crippen molar-refractivity contribution in [3.63, 3.8) is 0 Å². The third kappa shape index (κ3) is 2.69. The molecular formula is C11H25N3. The molecular weight excluding hydrogens is 174 g/mol. The molecule has 0 spiro atoms. The Labute approximate surface area is 88.2 Å². The molecule has 0 aliphatic carbocycles. The molecule has 14 heavy (non-hydrogen) atoms. The average Bonchev–Trinajstić information content (AvgIpc) is 2.16. The molecule has 0 aromatic heterocycles. The van der Waals surface area contributed by atoms with Gasteiger partial charge in [-0.1, -0.05) is 6.92 Å². The molecule has 3 nitrogen and oxygen atoms in total. The van der Waals surface area contributed by atoms with Gasteiger partial charge in [-0.2, -0.15) is 0 Å². The zero-order valence-corrected chi connectivity index (χ0v) is 10.0. The fourth-order valence-electron chi connectivity index (χ4n) is 2.20. The molecule has 1 aliphatic rings. The van der Waals surface area contributed by atoms with Crippen molar-refractivity contribution in [3.05, 3.63) is 0 Å². The first kappa shape index (κ1) is 12.0. The van der Waals surface area contributed by atoms with Crippen molar-refractivity contribution in [2.75, 3.05) is 26.2 Å².